The summed E-state index contributed by atoms with van der Waals surface area (Å²) in [6, 6.07) is 10.5. The third-order valence-electron chi connectivity index (χ3n) is 3.11. The van der Waals surface area contributed by atoms with E-state index in [4.69, 9.17) is 0 Å². The van der Waals surface area contributed by atoms with Crippen LogP contribution in [-0.2, 0) is 10.3 Å². The Bertz CT molecular complexity index is 647. The highest BCUT2D eigenvalue weighted by Gasteiger charge is 2.27. The van der Waals surface area contributed by atoms with Crippen LogP contribution < -0.4 is 5.32 Å². The number of H-pyrrole nitrogens is 1. The molecule has 2 rings (SSSR count). The average molecular weight is 287 g/mol. The van der Waals surface area contributed by atoms with E-state index in [0.29, 0.717) is 11.3 Å². The molecule has 0 aliphatic heterocycles. The van der Waals surface area contributed by atoms with Crippen molar-refractivity contribution in [3.05, 3.63) is 53.3 Å². The quantitative estimate of drug-likeness (QED) is 0.841. The predicted molar refractivity (Wildman–Crippen MR) is 76.9 cm³/mol. The number of aromatic amines is 1. The van der Waals surface area contributed by atoms with Crippen molar-refractivity contribution in [2.45, 2.75) is 19.4 Å². The zero-order valence-electron chi connectivity index (χ0n) is 12.1. The van der Waals surface area contributed by atoms with Gasteiger partial charge in [-0.1, -0.05) is 18.2 Å². The fraction of sp³-hybridized carbons (Fsp3) is 0.267. The minimum absolute atomic E-state index is 0.175. The van der Waals surface area contributed by atoms with Crippen molar-refractivity contribution in [2.24, 2.45) is 0 Å². The molecule has 0 saturated carbocycles. The zero-order chi connectivity index (χ0) is 15.5. The van der Waals surface area contributed by atoms with Gasteiger partial charge in [0.05, 0.1) is 18.3 Å². The first-order valence-corrected chi connectivity index (χ1v) is 6.46. The second-order valence-corrected chi connectivity index (χ2v) is 5.10. The number of nitrogens with one attached hydrogen (secondary N) is 2. The van der Waals surface area contributed by atoms with Crippen LogP contribution in [0.3, 0.4) is 0 Å². The van der Waals surface area contributed by atoms with Crippen LogP contribution in [0, 0.1) is 0 Å². The molecule has 0 aliphatic rings. The van der Waals surface area contributed by atoms with Crippen LogP contribution in [0.2, 0.25) is 0 Å². The molecule has 0 spiro atoms. The molecular formula is C15H17N3O3. The largest absolute Gasteiger partial charge is 0.464 e. The molecule has 0 atom stereocenters. The molecule has 1 heterocycles. The summed E-state index contributed by atoms with van der Waals surface area (Å²) < 4.78 is 4.60. The van der Waals surface area contributed by atoms with Crippen LogP contribution in [-0.4, -0.2) is 29.2 Å². The Balaban J connectivity index is 2.16. The molecule has 1 aromatic heterocycles. The summed E-state index contributed by atoms with van der Waals surface area (Å²) in [7, 11) is 1.29. The maximum absolute atomic E-state index is 12.2. The fourth-order valence-electron chi connectivity index (χ4n) is 1.86. The Hall–Kier alpha value is -2.63. The lowest BCUT2D eigenvalue weighted by atomic mass is 9.99. The lowest BCUT2D eigenvalue weighted by Crippen LogP contribution is -2.41. The summed E-state index contributed by atoms with van der Waals surface area (Å²) in [6.45, 7) is 3.64. The van der Waals surface area contributed by atoms with E-state index in [9.17, 15) is 9.59 Å². The highest BCUT2D eigenvalue weighted by atomic mass is 16.5. The minimum Gasteiger partial charge on any atom is -0.464 e. The van der Waals surface area contributed by atoms with Gasteiger partial charge in [0, 0.05) is 5.56 Å². The predicted octanol–water partition coefficient (Wildman–Crippen LogP) is 1.86. The Morgan fingerprint density at radius 2 is 1.90 bits per heavy atom. The number of hydrogen-bond donors (Lipinski definition) is 2. The number of carbonyl (C=O) groups is 2. The first-order valence-electron chi connectivity index (χ1n) is 6.46. The van der Waals surface area contributed by atoms with Crippen LogP contribution in [0.4, 0.5) is 0 Å². The zero-order valence-corrected chi connectivity index (χ0v) is 12.1. The molecule has 0 unspecified atom stereocenters. The number of nitrogens with zero attached hydrogens (tertiary/aromatic N) is 1. The molecule has 0 radical (unpaired) electrons. The molecule has 1 aromatic carbocycles. The second-order valence-electron chi connectivity index (χ2n) is 5.10. The lowest BCUT2D eigenvalue weighted by Gasteiger charge is -2.24. The van der Waals surface area contributed by atoms with Crippen molar-refractivity contribution >= 4 is 11.9 Å². The number of rotatable bonds is 4. The molecule has 110 valence electrons. The molecule has 6 nitrogen and oxygen atoms in total. The summed E-state index contributed by atoms with van der Waals surface area (Å²) in [5.74, 6) is -0.725. The molecule has 2 aromatic rings. The average Bonchev–Trinajstić information content (AvgIpc) is 2.97. The van der Waals surface area contributed by atoms with Crippen molar-refractivity contribution < 1.29 is 14.3 Å². The van der Waals surface area contributed by atoms with Crippen molar-refractivity contribution in [2.75, 3.05) is 7.11 Å². The first-order chi connectivity index (χ1) is 9.94. The molecular weight excluding hydrogens is 270 g/mol. The molecule has 0 aliphatic carbocycles. The Morgan fingerprint density at radius 3 is 2.52 bits per heavy atom. The van der Waals surface area contributed by atoms with Gasteiger partial charge in [0.2, 0.25) is 0 Å². The summed E-state index contributed by atoms with van der Waals surface area (Å²) >= 11 is 0. The van der Waals surface area contributed by atoms with E-state index < -0.39 is 11.5 Å². The Kier molecular flexibility index (Phi) is 4.07. The maximum Gasteiger partial charge on any atom is 0.358 e. The van der Waals surface area contributed by atoms with E-state index in [2.05, 4.69) is 20.3 Å². The van der Waals surface area contributed by atoms with Crippen LogP contribution in [0.25, 0.3) is 0 Å². The fourth-order valence-corrected chi connectivity index (χ4v) is 1.86. The van der Waals surface area contributed by atoms with Crippen molar-refractivity contribution in [3.63, 3.8) is 0 Å². The SMILES string of the molecule is COC(=O)c1cc(C(C)(C)NC(=O)c2ccccc2)[nH]n1. The third kappa shape index (κ3) is 3.28. The highest BCUT2D eigenvalue weighted by Crippen LogP contribution is 2.19. The van der Waals surface area contributed by atoms with Gasteiger partial charge in [-0.05, 0) is 32.0 Å². The van der Waals surface area contributed by atoms with Crippen LogP contribution >= 0.6 is 0 Å². The van der Waals surface area contributed by atoms with Crippen LogP contribution in [0.5, 0.6) is 0 Å². The summed E-state index contributed by atoms with van der Waals surface area (Å²) in [5.41, 5.74) is 0.659. The number of benzene rings is 1. The number of amides is 1. The van der Waals surface area contributed by atoms with Gasteiger partial charge < -0.3 is 10.1 Å². The van der Waals surface area contributed by atoms with E-state index in [1.807, 2.05) is 19.9 Å². The van der Waals surface area contributed by atoms with E-state index >= 15 is 0 Å². The third-order valence-corrected chi connectivity index (χ3v) is 3.11. The van der Waals surface area contributed by atoms with Gasteiger partial charge in [-0.2, -0.15) is 5.10 Å². The normalized spacial score (nSPS) is 11.0. The van der Waals surface area contributed by atoms with Crippen LogP contribution in [0.15, 0.2) is 36.4 Å². The van der Waals surface area contributed by atoms with Gasteiger partial charge >= 0.3 is 5.97 Å². The van der Waals surface area contributed by atoms with E-state index in [-0.39, 0.29) is 11.6 Å². The van der Waals surface area contributed by atoms with E-state index in [0.717, 1.165) is 0 Å². The van der Waals surface area contributed by atoms with Gasteiger partial charge in [0.1, 0.15) is 0 Å². The lowest BCUT2D eigenvalue weighted by molar-refractivity contribution is 0.0594. The number of carbonyl (C=O) groups excluding carboxylic acids is 2. The molecule has 0 saturated heterocycles. The maximum atomic E-state index is 12.2. The van der Waals surface area contributed by atoms with Crippen molar-refractivity contribution in [1.29, 1.82) is 0 Å². The Labute approximate surface area is 122 Å². The van der Waals surface area contributed by atoms with Crippen LogP contribution in [0.1, 0.15) is 40.4 Å². The summed E-state index contributed by atoms with van der Waals surface area (Å²) in [5, 5.41) is 9.53. The van der Waals surface area contributed by atoms with Gasteiger partial charge in [0.15, 0.2) is 5.69 Å². The molecule has 2 N–H and O–H groups in total. The monoisotopic (exact) mass is 287 g/mol. The molecule has 0 fully saturated rings. The van der Waals surface area contributed by atoms with E-state index in [1.54, 1.807) is 30.3 Å². The van der Waals surface area contributed by atoms with Crippen molar-refractivity contribution in [3.8, 4) is 0 Å². The smallest absolute Gasteiger partial charge is 0.358 e. The number of esters is 1. The second kappa shape index (κ2) is 5.78. The van der Waals surface area contributed by atoms with Crippen molar-refractivity contribution in [1.82, 2.24) is 15.5 Å². The number of aromatic nitrogens is 2. The molecule has 0 bridgehead atoms. The summed E-state index contributed by atoms with van der Waals surface area (Å²) in [6.07, 6.45) is 0. The number of methoxy groups -OCH3 is 1. The van der Waals surface area contributed by atoms with Gasteiger partial charge in [-0.15, -0.1) is 0 Å². The molecule has 6 heteroatoms. The molecule has 21 heavy (non-hydrogen) atoms. The van der Waals surface area contributed by atoms with Gasteiger partial charge in [-0.3, -0.25) is 9.89 Å². The first kappa shape index (κ1) is 14.8. The topological polar surface area (TPSA) is 84.1 Å². The Morgan fingerprint density at radius 1 is 1.24 bits per heavy atom. The standard InChI is InChI=1S/C15H17N3O3/c1-15(2,12-9-11(17-18-12)14(20)21-3)16-13(19)10-7-5-4-6-8-10/h4-9H,1-3H3,(H,16,19)(H,17,18). The van der Waals surface area contributed by atoms with E-state index in [1.165, 1.54) is 7.11 Å². The molecule has 1 amide bonds. The highest BCUT2D eigenvalue weighted by molar-refractivity contribution is 5.94. The number of hydrogen-bond acceptors (Lipinski definition) is 4. The minimum atomic E-state index is -0.702. The number of ether oxygens (including phenoxy) is 1. The summed E-state index contributed by atoms with van der Waals surface area (Å²) in [4.78, 5) is 23.6. The van der Waals surface area contributed by atoms with Gasteiger partial charge in [0.25, 0.3) is 5.91 Å². The van der Waals surface area contributed by atoms with Gasteiger partial charge in [-0.25, -0.2) is 4.79 Å².